The molecule has 3 rings (SSSR count). The van der Waals surface area contributed by atoms with Gasteiger partial charge in [-0.3, -0.25) is 9.89 Å². The highest BCUT2D eigenvalue weighted by Gasteiger charge is 2.19. The predicted molar refractivity (Wildman–Crippen MR) is 91.7 cm³/mol. The van der Waals surface area contributed by atoms with Gasteiger partial charge in [-0.25, -0.2) is 0 Å². The van der Waals surface area contributed by atoms with Crippen LogP contribution >= 0.6 is 0 Å². The third-order valence-electron chi connectivity index (χ3n) is 4.20. The van der Waals surface area contributed by atoms with Gasteiger partial charge >= 0.3 is 0 Å². The zero-order valence-electron chi connectivity index (χ0n) is 13.9. The van der Waals surface area contributed by atoms with Crippen molar-refractivity contribution in [1.29, 1.82) is 0 Å². The van der Waals surface area contributed by atoms with Crippen LogP contribution in [0.2, 0.25) is 0 Å². The average Bonchev–Trinajstić information content (AvgIpc) is 3.05. The van der Waals surface area contributed by atoms with Crippen LogP contribution in [0.4, 0.5) is 0 Å². The van der Waals surface area contributed by atoms with Crippen LogP contribution in [0, 0.1) is 13.0 Å². The highest BCUT2D eigenvalue weighted by molar-refractivity contribution is 5.81. The quantitative estimate of drug-likeness (QED) is 0.707. The number of hydrogen-bond donors (Lipinski definition) is 3. The summed E-state index contributed by atoms with van der Waals surface area (Å²) in [6.45, 7) is 3.80. The lowest BCUT2D eigenvalue weighted by atomic mass is 10.0. The van der Waals surface area contributed by atoms with Crippen LogP contribution in [0.15, 0.2) is 24.4 Å². The van der Waals surface area contributed by atoms with E-state index in [0.717, 1.165) is 48.4 Å². The van der Waals surface area contributed by atoms with Crippen LogP contribution in [-0.2, 0) is 4.79 Å². The average molecular weight is 327 g/mol. The van der Waals surface area contributed by atoms with Crippen molar-refractivity contribution in [3.63, 3.8) is 0 Å². The number of aryl methyl sites for hydroxylation is 1. The summed E-state index contributed by atoms with van der Waals surface area (Å²) in [7, 11) is 0. The van der Waals surface area contributed by atoms with Gasteiger partial charge in [-0.05, 0) is 56.1 Å². The summed E-state index contributed by atoms with van der Waals surface area (Å²) >= 11 is 0. The molecular formula is C18H23N4O2. The zero-order valence-corrected chi connectivity index (χ0v) is 13.9. The van der Waals surface area contributed by atoms with Gasteiger partial charge in [0.2, 0.25) is 5.91 Å². The maximum atomic E-state index is 12.0. The number of ether oxygens (including phenoxy) is 1. The van der Waals surface area contributed by atoms with Crippen LogP contribution in [0.3, 0.4) is 0 Å². The normalized spacial score (nSPS) is 17.5. The summed E-state index contributed by atoms with van der Waals surface area (Å²) in [6.07, 6.45) is 5.03. The van der Waals surface area contributed by atoms with Gasteiger partial charge in [0.25, 0.3) is 0 Å². The maximum Gasteiger partial charge on any atom is 0.237 e. The Kier molecular flexibility index (Phi) is 5.48. The molecule has 1 atom stereocenters. The number of piperidine rings is 1. The lowest BCUT2D eigenvalue weighted by Crippen LogP contribution is -2.47. The minimum Gasteiger partial charge on any atom is -0.492 e. The molecule has 2 heterocycles. The van der Waals surface area contributed by atoms with E-state index in [1.54, 1.807) is 6.07 Å². The number of nitrogens with zero attached hydrogens (tertiary/aromatic N) is 1. The minimum absolute atomic E-state index is 0.0560. The fraction of sp³-hybridized carbons (Fsp3) is 0.444. The standard InChI is InChI=1S/C18H23N4O2/c1-13-16(12-21-22-13)14-5-4-6-15(11-14)24-10-9-20-18(23)17-7-2-3-8-19-17/h5-6,11-12,17,19H,2-3,7-10H2,1H3,(H,20,23)(H,21,22)/t17-/m0/s1. The Balaban J connectivity index is 1.47. The fourth-order valence-corrected chi connectivity index (χ4v) is 2.88. The number of aromatic nitrogens is 2. The second kappa shape index (κ2) is 7.97. The Morgan fingerprint density at radius 3 is 3.12 bits per heavy atom. The molecule has 6 heteroatoms. The topological polar surface area (TPSA) is 79.0 Å². The van der Waals surface area contributed by atoms with E-state index in [9.17, 15) is 4.79 Å². The van der Waals surface area contributed by atoms with E-state index >= 15 is 0 Å². The van der Waals surface area contributed by atoms with Crippen molar-refractivity contribution in [2.75, 3.05) is 19.7 Å². The molecule has 1 aromatic carbocycles. The van der Waals surface area contributed by atoms with Gasteiger partial charge in [-0.2, -0.15) is 5.10 Å². The van der Waals surface area contributed by atoms with Crippen LogP contribution in [-0.4, -0.2) is 41.8 Å². The summed E-state index contributed by atoms with van der Waals surface area (Å²) in [5.41, 5.74) is 2.98. The number of rotatable bonds is 6. The van der Waals surface area contributed by atoms with Crippen molar-refractivity contribution in [2.45, 2.75) is 32.2 Å². The Morgan fingerprint density at radius 1 is 1.46 bits per heavy atom. The molecule has 3 N–H and O–H groups in total. The van der Waals surface area contributed by atoms with E-state index in [1.807, 2.05) is 25.3 Å². The smallest absolute Gasteiger partial charge is 0.237 e. The third-order valence-corrected chi connectivity index (χ3v) is 4.20. The van der Waals surface area contributed by atoms with E-state index in [1.165, 1.54) is 0 Å². The molecule has 1 radical (unpaired) electrons. The first-order valence-corrected chi connectivity index (χ1v) is 8.40. The lowest BCUT2D eigenvalue weighted by molar-refractivity contribution is -0.123. The van der Waals surface area contributed by atoms with Gasteiger partial charge in [0.1, 0.15) is 12.4 Å². The van der Waals surface area contributed by atoms with Crippen molar-refractivity contribution < 1.29 is 9.53 Å². The molecular weight excluding hydrogens is 304 g/mol. The SMILES string of the molecule is Cc1n[nH]cc1-c1c[c]cc(OCCNC(=O)[C@@H]2CCCCN2)c1. The minimum atomic E-state index is -0.0560. The lowest BCUT2D eigenvalue weighted by Gasteiger charge is -2.22. The molecule has 1 saturated heterocycles. The van der Waals surface area contributed by atoms with E-state index in [-0.39, 0.29) is 11.9 Å². The number of carbonyl (C=O) groups excluding carboxylic acids is 1. The number of nitrogens with one attached hydrogen (secondary N) is 3. The molecule has 6 nitrogen and oxygen atoms in total. The summed E-state index contributed by atoms with van der Waals surface area (Å²) in [4.78, 5) is 12.0. The van der Waals surface area contributed by atoms with Crippen LogP contribution in [0.1, 0.15) is 25.0 Å². The van der Waals surface area contributed by atoms with Gasteiger partial charge < -0.3 is 15.4 Å². The molecule has 0 saturated carbocycles. The molecule has 24 heavy (non-hydrogen) atoms. The first kappa shape index (κ1) is 16.5. The predicted octanol–water partition coefficient (Wildman–Crippen LogP) is 1.82. The van der Waals surface area contributed by atoms with Gasteiger partial charge in [0.15, 0.2) is 0 Å². The second-order valence-corrected chi connectivity index (χ2v) is 5.98. The molecule has 1 fully saturated rings. The van der Waals surface area contributed by atoms with Gasteiger partial charge in [-0.15, -0.1) is 0 Å². The molecule has 0 bridgehead atoms. The molecule has 0 aliphatic carbocycles. The molecule has 0 spiro atoms. The number of H-pyrrole nitrogens is 1. The number of aromatic amines is 1. The van der Waals surface area contributed by atoms with Crippen molar-refractivity contribution >= 4 is 5.91 Å². The largest absolute Gasteiger partial charge is 0.492 e. The zero-order chi connectivity index (χ0) is 16.8. The van der Waals surface area contributed by atoms with Gasteiger partial charge in [0.05, 0.1) is 18.3 Å². The molecule has 1 aromatic heterocycles. The monoisotopic (exact) mass is 327 g/mol. The molecule has 0 unspecified atom stereocenters. The van der Waals surface area contributed by atoms with Crippen LogP contribution < -0.4 is 15.4 Å². The van der Waals surface area contributed by atoms with E-state index < -0.39 is 0 Å². The van der Waals surface area contributed by atoms with E-state index in [4.69, 9.17) is 4.74 Å². The van der Waals surface area contributed by atoms with Crippen LogP contribution in [0.25, 0.3) is 11.1 Å². The van der Waals surface area contributed by atoms with E-state index in [2.05, 4.69) is 26.9 Å². The molecule has 2 aromatic rings. The second-order valence-electron chi connectivity index (χ2n) is 5.98. The maximum absolute atomic E-state index is 12.0. The highest BCUT2D eigenvalue weighted by atomic mass is 16.5. The first-order chi connectivity index (χ1) is 11.7. The molecule has 1 aliphatic heterocycles. The van der Waals surface area contributed by atoms with Crippen molar-refractivity contribution in [1.82, 2.24) is 20.8 Å². The van der Waals surface area contributed by atoms with Crippen molar-refractivity contribution in [2.24, 2.45) is 0 Å². The molecule has 127 valence electrons. The Morgan fingerprint density at radius 2 is 2.38 bits per heavy atom. The summed E-state index contributed by atoms with van der Waals surface area (Å²) < 4.78 is 5.73. The Bertz CT molecular complexity index is 677. The van der Waals surface area contributed by atoms with Crippen molar-refractivity contribution in [3.05, 3.63) is 36.2 Å². The van der Waals surface area contributed by atoms with E-state index in [0.29, 0.717) is 13.2 Å². The fourth-order valence-electron chi connectivity index (χ4n) is 2.88. The number of carbonyl (C=O) groups is 1. The Labute approximate surface area is 142 Å². The first-order valence-electron chi connectivity index (χ1n) is 8.40. The van der Waals surface area contributed by atoms with Crippen molar-refractivity contribution in [3.8, 4) is 16.9 Å². The molecule has 1 aliphatic rings. The summed E-state index contributed by atoms with van der Waals surface area (Å²) in [6, 6.07) is 8.68. The molecule has 1 amide bonds. The van der Waals surface area contributed by atoms with Crippen LogP contribution in [0.5, 0.6) is 5.75 Å². The highest BCUT2D eigenvalue weighted by Crippen LogP contribution is 2.24. The summed E-state index contributed by atoms with van der Waals surface area (Å²) in [5, 5.41) is 13.1. The third kappa shape index (κ3) is 4.14. The number of hydrogen-bond acceptors (Lipinski definition) is 4. The number of amides is 1. The summed E-state index contributed by atoms with van der Waals surface area (Å²) in [5.74, 6) is 0.797. The van der Waals surface area contributed by atoms with Gasteiger partial charge in [0, 0.05) is 11.8 Å². The Hall–Kier alpha value is -2.34. The van der Waals surface area contributed by atoms with Gasteiger partial charge in [-0.1, -0.05) is 6.42 Å². The number of benzene rings is 1.